The third-order valence-electron chi connectivity index (χ3n) is 3.68. The average molecular weight is 231 g/mol. The molecule has 0 aliphatic carbocycles. The molecule has 1 aliphatic rings. The molecule has 0 bridgehead atoms. The molecule has 0 saturated carbocycles. The van der Waals surface area contributed by atoms with Crippen molar-refractivity contribution in [2.45, 2.75) is 63.8 Å². The van der Waals surface area contributed by atoms with Crippen molar-refractivity contribution in [2.75, 3.05) is 13.2 Å². The number of nitrogens with zero attached hydrogens (tertiary/aromatic N) is 1. The number of hydrogen-bond acceptors (Lipinski definition) is 4. The highest BCUT2D eigenvalue weighted by Gasteiger charge is 2.45. The van der Waals surface area contributed by atoms with Crippen LogP contribution < -0.4 is 0 Å². The number of aliphatic hydroxyl groups excluding tert-OH is 3. The van der Waals surface area contributed by atoms with Gasteiger partial charge in [0.25, 0.3) is 0 Å². The molecule has 4 nitrogen and oxygen atoms in total. The van der Waals surface area contributed by atoms with Crippen LogP contribution in [-0.2, 0) is 0 Å². The van der Waals surface area contributed by atoms with Crippen molar-refractivity contribution < 1.29 is 15.3 Å². The zero-order chi connectivity index (χ0) is 12.3. The van der Waals surface area contributed by atoms with Crippen molar-refractivity contribution >= 4 is 0 Å². The lowest BCUT2D eigenvalue weighted by atomic mass is 9.94. The van der Waals surface area contributed by atoms with Crippen LogP contribution in [0.1, 0.15) is 40.0 Å². The molecule has 1 heterocycles. The molecule has 0 aromatic heterocycles. The molecule has 0 radical (unpaired) electrons. The van der Waals surface area contributed by atoms with Gasteiger partial charge in [-0.05, 0) is 20.3 Å². The molecule has 1 saturated heterocycles. The van der Waals surface area contributed by atoms with E-state index in [0.29, 0.717) is 6.54 Å². The maximum absolute atomic E-state index is 9.76. The third-order valence-corrected chi connectivity index (χ3v) is 3.68. The summed E-state index contributed by atoms with van der Waals surface area (Å²) in [7, 11) is 0. The van der Waals surface area contributed by atoms with Gasteiger partial charge in [-0.15, -0.1) is 0 Å². The number of β-amino-alcohol motifs (C(OH)–C–C–N with tert-alkyl or cyclic N) is 1. The lowest BCUT2D eigenvalue weighted by Gasteiger charge is -2.39. The summed E-state index contributed by atoms with van der Waals surface area (Å²) >= 11 is 0. The van der Waals surface area contributed by atoms with Gasteiger partial charge in [-0.2, -0.15) is 0 Å². The lowest BCUT2D eigenvalue weighted by Crippen LogP contribution is -2.50. The van der Waals surface area contributed by atoms with Crippen molar-refractivity contribution in [1.29, 1.82) is 0 Å². The monoisotopic (exact) mass is 231 g/mol. The van der Waals surface area contributed by atoms with E-state index in [1.807, 2.05) is 4.90 Å². The minimum Gasteiger partial charge on any atom is -0.395 e. The van der Waals surface area contributed by atoms with Crippen molar-refractivity contribution in [3.63, 3.8) is 0 Å². The van der Waals surface area contributed by atoms with Crippen LogP contribution in [0, 0.1) is 0 Å². The minimum absolute atomic E-state index is 0.0815. The van der Waals surface area contributed by atoms with E-state index in [2.05, 4.69) is 20.8 Å². The number of likely N-dealkylation sites (tertiary alicyclic amines) is 1. The maximum atomic E-state index is 9.76. The number of aliphatic hydroxyl groups is 3. The fraction of sp³-hybridized carbons (Fsp3) is 1.00. The first-order valence-electron chi connectivity index (χ1n) is 6.17. The van der Waals surface area contributed by atoms with E-state index < -0.39 is 12.2 Å². The Morgan fingerprint density at radius 1 is 1.31 bits per heavy atom. The molecule has 0 amide bonds. The van der Waals surface area contributed by atoms with Crippen LogP contribution in [-0.4, -0.2) is 57.2 Å². The second-order valence-electron chi connectivity index (χ2n) is 5.38. The van der Waals surface area contributed by atoms with Crippen molar-refractivity contribution in [2.24, 2.45) is 0 Å². The van der Waals surface area contributed by atoms with Gasteiger partial charge in [0, 0.05) is 12.1 Å². The molecule has 1 rings (SSSR count). The topological polar surface area (TPSA) is 63.9 Å². The first kappa shape index (κ1) is 13.9. The Hall–Kier alpha value is -0.160. The quantitative estimate of drug-likeness (QED) is 0.639. The van der Waals surface area contributed by atoms with Gasteiger partial charge in [0.05, 0.1) is 24.9 Å². The number of unbranched alkanes of at least 4 members (excludes halogenated alkanes) is 1. The van der Waals surface area contributed by atoms with Crippen molar-refractivity contribution in [1.82, 2.24) is 4.90 Å². The van der Waals surface area contributed by atoms with Crippen LogP contribution in [0.3, 0.4) is 0 Å². The molecular weight excluding hydrogens is 206 g/mol. The molecule has 3 atom stereocenters. The van der Waals surface area contributed by atoms with Gasteiger partial charge in [-0.25, -0.2) is 0 Å². The van der Waals surface area contributed by atoms with Gasteiger partial charge in [0.2, 0.25) is 0 Å². The average Bonchev–Trinajstić information content (AvgIpc) is 2.53. The summed E-state index contributed by atoms with van der Waals surface area (Å²) in [6, 6.07) is -0.332. The van der Waals surface area contributed by atoms with Crippen molar-refractivity contribution in [3.8, 4) is 0 Å². The summed E-state index contributed by atoms with van der Waals surface area (Å²) in [4.78, 5) is 2.04. The summed E-state index contributed by atoms with van der Waals surface area (Å²) in [5.74, 6) is 0. The Morgan fingerprint density at radius 3 is 2.44 bits per heavy atom. The van der Waals surface area contributed by atoms with E-state index in [0.717, 1.165) is 19.3 Å². The van der Waals surface area contributed by atoms with E-state index in [-0.39, 0.29) is 18.2 Å². The summed E-state index contributed by atoms with van der Waals surface area (Å²) in [5.41, 5.74) is -0.0815. The molecule has 1 aliphatic heterocycles. The molecule has 0 unspecified atom stereocenters. The number of rotatable bonds is 5. The lowest BCUT2D eigenvalue weighted by molar-refractivity contribution is 0.00402. The molecule has 0 spiro atoms. The standard InChI is InChI=1S/C12H25NO3/c1-4-5-6-12(2,3)13-7-10(15)11(16)9(13)8-14/h9-11,14-16H,4-8H2,1-3H3/t9-,10-,11-/m1/s1. The fourth-order valence-electron chi connectivity index (χ4n) is 2.54. The van der Waals surface area contributed by atoms with Crippen LogP contribution in [0.5, 0.6) is 0 Å². The molecule has 1 fully saturated rings. The van der Waals surface area contributed by atoms with E-state index in [1.165, 1.54) is 0 Å². The second kappa shape index (κ2) is 5.45. The van der Waals surface area contributed by atoms with Crippen LogP contribution >= 0.6 is 0 Å². The Labute approximate surface area is 97.9 Å². The first-order valence-corrected chi connectivity index (χ1v) is 6.17. The van der Waals surface area contributed by atoms with Crippen LogP contribution in [0.25, 0.3) is 0 Å². The predicted molar refractivity (Wildman–Crippen MR) is 63.2 cm³/mol. The smallest absolute Gasteiger partial charge is 0.0988 e. The summed E-state index contributed by atoms with van der Waals surface area (Å²) in [6.07, 6.45) is 1.70. The summed E-state index contributed by atoms with van der Waals surface area (Å²) in [6.45, 7) is 6.70. The molecule has 96 valence electrons. The van der Waals surface area contributed by atoms with Crippen LogP contribution in [0.2, 0.25) is 0 Å². The molecule has 4 heteroatoms. The summed E-state index contributed by atoms with van der Waals surface area (Å²) in [5, 5.41) is 28.7. The van der Waals surface area contributed by atoms with Gasteiger partial charge in [-0.1, -0.05) is 19.8 Å². The van der Waals surface area contributed by atoms with Crippen LogP contribution in [0.15, 0.2) is 0 Å². The SMILES string of the molecule is CCCCC(C)(C)N1C[C@@H](O)[C@H](O)[C@H]1CO. The third kappa shape index (κ3) is 2.74. The van der Waals surface area contributed by atoms with E-state index >= 15 is 0 Å². The summed E-state index contributed by atoms with van der Waals surface area (Å²) < 4.78 is 0. The molecular formula is C12H25NO3. The highest BCUT2D eigenvalue weighted by Crippen LogP contribution is 2.30. The van der Waals surface area contributed by atoms with Gasteiger partial charge in [0.1, 0.15) is 0 Å². The highest BCUT2D eigenvalue weighted by molar-refractivity contribution is 4.99. The highest BCUT2D eigenvalue weighted by atomic mass is 16.3. The second-order valence-corrected chi connectivity index (χ2v) is 5.38. The Bertz CT molecular complexity index is 220. The largest absolute Gasteiger partial charge is 0.395 e. The Morgan fingerprint density at radius 2 is 1.94 bits per heavy atom. The zero-order valence-electron chi connectivity index (χ0n) is 10.6. The van der Waals surface area contributed by atoms with E-state index in [1.54, 1.807) is 0 Å². The Kier molecular flexibility index (Phi) is 4.73. The predicted octanol–water partition coefficient (Wildman–Crippen LogP) is 0.353. The minimum atomic E-state index is -0.828. The number of hydrogen-bond donors (Lipinski definition) is 3. The van der Waals surface area contributed by atoms with Gasteiger partial charge < -0.3 is 15.3 Å². The Balaban J connectivity index is 2.70. The van der Waals surface area contributed by atoms with E-state index in [9.17, 15) is 15.3 Å². The van der Waals surface area contributed by atoms with Gasteiger partial charge in [-0.3, -0.25) is 4.90 Å². The first-order chi connectivity index (χ1) is 7.44. The normalized spacial score (nSPS) is 32.2. The van der Waals surface area contributed by atoms with Crippen molar-refractivity contribution in [3.05, 3.63) is 0 Å². The fourth-order valence-corrected chi connectivity index (χ4v) is 2.54. The van der Waals surface area contributed by atoms with Gasteiger partial charge >= 0.3 is 0 Å². The maximum Gasteiger partial charge on any atom is 0.0988 e. The molecule has 16 heavy (non-hydrogen) atoms. The molecule has 3 N–H and O–H groups in total. The van der Waals surface area contributed by atoms with Crippen LogP contribution in [0.4, 0.5) is 0 Å². The van der Waals surface area contributed by atoms with Gasteiger partial charge in [0.15, 0.2) is 0 Å². The molecule has 0 aromatic carbocycles. The molecule has 0 aromatic rings. The zero-order valence-corrected chi connectivity index (χ0v) is 10.6. The van der Waals surface area contributed by atoms with E-state index in [4.69, 9.17) is 0 Å².